The monoisotopic (exact) mass is 556 g/mol. The van der Waals surface area contributed by atoms with Gasteiger partial charge in [0.15, 0.2) is 0 Å². The summed E-state index contributed by atoms with van der Waals surface area (Å²) >= 11 is 1.62. The number of hydrogen-bond donors (Lipinski definition) is 2. The van der Waals surface area contributed by atoms with Gasteiger partial charge in [-0.3, -0.25) is 0 Å². The largest absolute Gasteiger partial charge is 0.390 e. The van der Waals surface area contributed by atoms with E-state index in [-0.39, 0.29) is 18.1 Å². The summed E-state index contributed by atoms with van der Waals surface area (Å²) in [6.07, 6.45) is 2.69. The van der Waals surface area contributed by atoms with Gasteiger partial charge in [-0.15, -0.1) is 11.8 Å². The first-order valence-electron chi connectivity index (χ1n) is 14.3. The summed E-state index contributed by atoms with van der Waals surface area (Å²) in [6.45, 7) is 6.24. The molecule has 2 N–H and O–H groups in total. The fraction of sp³-hybridized carbons (Fsp3) is 0.562. The minimum absolute atomic E-state index is 0.0810. The number of benzene rings is 2. The van der Waals surface area contributed by atoms with Crippen LogP contribution in [0.15, 0.2) is 71.6 Å². The highest BCUT2D eigenvalue weighted by Gasteiger charge is 2.40. The molecule has 0 radical (unpaired) electrons. The van der Waals surface area contributed by atoms with E-state index in [4.69, 9.17) is 18.9 Å². The Morgan fingerprint density at radius 2 is 1.62 bits per heavy atom. The van der Waals surface area contributed by atoms with Crippen molar-refractivity contribution in [2.24, 2.45) is 5.92 Å². The lowest BCUT2D eigenvalue weighted by molar-refractivity contribution is -0.170. The molecule has 7 heteroatoms. The Labute approximate surface area is 237 Å². The van der Waals surface area contributed by atoms with Crippen LogP contribution in [0.3, 0.4) is 0 Å². The second kappa shape index (κ2) is 15.9. The molecule has 39 heavy (non-hydrogen) atoms. The number of ether oxygens (including phenoxy) is 4. The van der Waals surface area contributed by atoms with E-state index in [1.165, 1.54) is 0 Å². The van der Waals surface area contributed by atoms with Crippen molar-refractivity contribution in [3.63, 3.8) is 0 Å². The fourth-order valence-electron chi connectivity index (χ4n) is 5.30. The zero-order chi connectivity index (χ0) is 27.5. The molecule has 2 aromatic carbocycles. The molecule has 4 rings (SSSR count). The van der Waals surface area contributed by atoms with Crippen LogP contribution in [-0.2, 0) is 32.2 Å². The molecular weight excluding hydrogens is 512 g/mol. The van der Waals surface area contributed by atoms with Crippen LogP contribution < -0.4 is 0 Å². The zero-order valence-corrected chi connectivity index (χ0v) is 24.0. The number of hydrogen-bond acceptors (Lipinski definition) is 7. The topological polar surface area (TPSA) is 77.4 Å². The van der Waals surface area contributed by atoms with E-state index in [9.17, 15) is 10.2 Å². The molecule has 0 aromatic heterocycles. The van der Waals surface area contributed by atoms with Gasteiger partial charge in [-0.25, -0.2) is 0 Å². The third-order valence-electron chi connectivity index (χ3n) is 7.51. The molecule has 2 fully saturated rings. The second-order valence-corrected chi connectivity index (χ2v) is 11.8. The molecule has 1 unspecified atom stereocenters. The summed E-state index contributed by atoms with van der Waals surface area (Å²) in [7, 11) is 0. The number of thioether (sulfide) groups is 1. The average Bonchev–Trinajstić information content (AvgIpc) is 2.98. The Hall–Kier alpha value is -1.71. The van der Waals surface area contributed by atoms with Crippen LogP contribution in [0.5, 0.6) is 0 Å². The van der Waals surface area contributed by atoms with E-state index in [1.54, 1.807) is 11.8 Å². The molecule has 0 amide bonds. The van der Waals surface area contributed by atoms with Crippen molar-refractivity contribution in [2.75, 3.05) is 19.0 Å². The maximum atomic E-state index is 11.7. The van der Waals surface area contributed by atoms with Crippen molar-refractivity contribution in [2.45, 2.75) is 89.4 Å². The maximum Gasteiger partial charge on any atom is 0.110 e. The normalized spacial score (nSPS) is 26.6. The minimum atomic E-state index is -0.797. The number of aliphatic hydroxyl groups excluding tert-OH is 2. The smallest absolute Gasteiger partial charge is 0.110 e. The van der Waals surface area contributed by atoms with Crippen molar-refractivity contribution >= 4 is 11.8 Å². The highest BCUT2D eigenvalue weighted by Crippen LogP contribution is 2.33. The Bertz CT molecular complexity index is 987. The molecule has 0 saturated carbocycles. The van der Waals surface area contributed by atoms with Gasteiger partial charge in [-0.05, 0) is 48.6 Å². The van der Waals surface area contributed by atoms with Crippen molar-refractivity contribution in [1.29, 1.82) is 0 Å². The summed E-state index contributed by atoms with van der Waals surface area (Å²) in [5.74, 6) is 0.500. The van der Waals surface area contributed by atoms with Gasteiger partial charge in [-0.1, -0.05) is 74.5 Å². The van der Waals surface area contributed by atoms with Crippen molar-refractivity contribution in [3.05, 3.63) is 82.8 Å². The van der Waals surface area contributed by atoms with Gasteiger partial charge < -0.3 is 29.2 Å². The molecule has 2 aromatic rings. The molecule has 0 bridgehead atoms. The molecule has 2 aliphatic heterocycles. The average molecular weight is 557 g/mol. The first-order valence-corrected chi connectivity index (χ1v) is 15.3. The maximum absolute atomic E-state index is 11.7. The van der Waals surface area contributed by atoms with Crippen LogP contribution in [0.4, 0.5) is 0 Å². The lowest BCUT2D eigenvalue weighted by Crippen LogP contribution is -2.50. The molecule has 7 atom stereocenters. The highest BCUT2D eigenvalue weighted by molar-refractivity contribution is 8.03. The third kappa shape index (κ3) is 8.89. The lowest BCUT2D eigenvalue weighted by Gasteiger charge is -2.39. The number of aliphatic hydroxyl groups is 2. The van der Waals surface area contributed by atoms with Gasteiger partial charge in [0.05, 0.1) is 37.6 Å². The highest BCUT2D eigenvalue weighted by atomic mass is 32.2. The molecule has 0 aliphatic carbocycles. The van der Waals surface area contributed by atoms with E-state index in [0.717, 1.165) is 41.0 Å². The van der Waals surface area contributed by atoms with Crippen molar-refractivity contribution in [3.8, 4) is 0 Å². The standard InChI is InChI=1S/C32H44O6S/c1-3-39-29(20-28-27(17-11-18-35-28)37-21-24-12-6-4-7-13-24)30(34)23(2)31(32-26(33)16-10-19-36-32)38-22-25-14-8-5-9-15-25/h4-9,12-15,20,23,26-28,30-34H,3,10-11,16-19,21-22H2,1-2H3/b29-20+/t23-,26-,27+,28-,30?,31+,32-/m0/s1. The van der Waals surface area contributed by atoms with Gasteiger partial charge in [-0.2, -0.15) is 0 Å². The van der Waals surface area contributed by atoms with E-state index in [1.807, 2.05) is 55.5 Å². The van der Waals surface area contributed by atoms with Gasteiger partial charge in [0.1, 0.15) is 12.2 Å². The van der Waals surface area contributed by atoms with Crippen LogP contribution in [-0.4, -0.2) is 65.8 Å². The zero-order valence-electron chi connectivity index (χ0n) is 23.2. The quantitative estimate of drug-likeness (QED) is 0.337. The summed E-state index contributed by atoms with van der Waals surface area (Å²) in [5, 5.41) is 22.5. The van der Waals surface area contributed by atoms with E-state index < -0.39 is 24.4 Å². The Balaban J connectivity index is 1.50. The Morgan fingerprint density at radius 3 is 2.28 bits per heavy atom. The van der Waals surface area contributed by atoms with E-state index in [2.05, 4.69) is 25.1 Å². The second-order valence-electron chi connectivity index (χ2n) is 10.4. The van der Waals surface area contributed by atoms with Crippen LogP contribution in [0.2, 0.25) is 0 Å². The SMILES string of the molecule is CCS/C(=C/[C@@H]1OCCC[C@H]1OCc1ccccc1)C(O)[C@H](C)[C@@H](OCc1ccccc1)[C@H]1OCCC[C@@H]1O. The van der Waals surface area contributed by atoms with Gasteiger partial charge in [0.25, 0.3) is 0 Å². The van der Waals surface area contributed by atoms with Gasteiger partial charge in [0, 0.05) is 24.0 Å². The summed E-state index contributed by atoms with van der Waals surface area (Å²) < 4.78 is 24.9. The molecular formula is C32H44O6S. The fourth-order valence-corrected chi connectivity index (χ4v) is 6.25. The molecule has 2 heterocycles. The lowest BCUT2D eigenvalue weighted by atomic mass is 9.88. The molecule has 2 aliphatic rings. The molecule has 2 saturated heterocycles. The first-order chi connectivity index (χ1) is 19.1. The molecule has 214 valence electrons. The van der Waals surface area contributed by atoms with Crippen LogP contribution in [0, 0.1) is 5.92 Å². The van der Waals surface area contributed by atoms with Gasteiger partial charge >= 0.3 is 0 Å². The van der Waals surface area contributed by atoms with Crippen LogP contribution in [0.25, 0.3) is 0 Å². The predicted molar refractivity (Wildman–Crippen MR) is 155 cm³/mol. The minimum Gasteiger partial charge on any atom is -0.390 e. The Morgan fingerprint density at radius 1 is 0.974 bits per heavy atom. The molecule has 0 spiro atoms. The number of rotatable bonds is 13. The summed E-state index contributed by atoms with van der Waals surface area (Å²) in [5.41, 5.74) is 2.18. The van der Waals surface area contributed by atoms with Crippen LogP contribution >= 0.6 is 11.8 Å². The van der Waals surface area contributed by atoms with E-state index in [0.29, 0.717) is 32.8 Å². The van der Waals surface area contributed by atoms with Crippen LogP contribution in [0.1, 0.15) is 50.7 Å². The summed E-state index contributed by atoms with van der Waals surface area (Å²) in [4.78, 5) is 0.851. The summed E-state index contributed by atoms with van der Waals surface area (Å²) in [6, 6.07) is 20.2. The third-order valence-corrected chi connectivity index (χ3v) is 8.51. The Kier molecular flexibility index (Phi) is 12.3. The van der Waals surface area contributed by atoms with E-state index >= 15 is 0 Å². The predicted octanol–water partition coefficient (Wildman–Crippen LogP) is 5.51. The first kappa shape index (κ1) is 30.3. The van der Waals surface area contributed by atoms with Crippen molar-refractivity contribution in [1.82, 2.24) is 0 Å². The molecule has 6 nitrogen and oxygen atoms in total. The van der Waals surface area contributed by atoms with Gasteiger partial charge in [0.2, 0.25) is 0 Å². The van der Waals surface area contributed by atoms with Crippen molar-refractivity contribution < 1.29 is 29.2 Å².